The Bertz CT molecular complexity index is 1060. The van der Waals surface area contributed by atoms with E-state index in [0.29, 0.717) is 23.3 Å². The summed E-state index contributed by atoms with van der Waals surface area (Å²) in [5.41, 5.74) is 1.22. The molecular weight excluding hydrogens is 440 g/mol. The Morgan fingerprint density at radius 3 is 2.49 bits per heavy atom. The van der Waals surface area contributed by atoms with Crippen molar-refractivity contribution in [3.8, 4) is 0 Å². The number of anilines is 2. The third-order valence-electron chi connectivity index (χ3n) is 8.60. The van der Waals surface area contributed by atoms with Crippen LogP contribution < -0.4 is 15.5 Å². The highest BCUT2D eigenvalue weighted by atomic mass is 16.2. The maximum Gasteiger partial charge on any atom is 0.270 e. The minimum atomic E-state index is -0.600. The van der Waals surface area contributed by atoms with E-state index in [9.17, 15) is 9.59 Å². The van der Waals surface area contributed by atoms with Gasteiger partial charge in [-0.2, -0.15) is 5.10 Å². The molecule has 2 aliphatic carbocycles. The predicted octanol–water partition coefficient (Wildman–Crippen LogP) is 4.15. The van der Waals surface area contributed by atoms with E-state index in [4.69, 9.17) is 0 Å². The molecular formula is C27H38N6O2. The first-order chi connectivity index (χ1) is 16.9. The third-order valence-corrected chi connectivity index (χ3v) is 8.60. The van der Waals surface area contributed by atoms with Crippen molar-refractivity contribution in [3.63, 3.8) is 0 Å². The van der Waals surface area contributed by atoms with Crippen molar-refractivity contribution in [3.05, 3.63) is 36.3 Å². The van der Waals surface area contributed by atoms with Gasteiger partial charge in [0.2, 0.25) is 5.91 Å². The second-order valence-corrected chi connectivity index (χ2v) is 11.1. The summed E-state index contributed by atoms with van der Waals surface area (Å²) in [6.45, 7) is 5.53. The summed E-state index contributed by atoms with van der Waals surface area (Å²) < 4.78 is 1.55. The molecule has 1 unspecified atom stereocenters. The highest BCUT2D eigenvalue weighted by Gasteiger charge is 2.54. The van der Waals surface area contributed by atoms with Crippen LogP contribution in [0.25, 0.3) is 0 Å². The van der Waals surface area contributed by atoms with Gasteiger partial charge in [-0.25, -0.2) is 4.98 Å². The van der Waals surface area contributed by atoms with Crippen LogP contribution in [0.15, 0.2) is 30.6 Å². The first kappa shape index (κ1) is 23.8. The average Bonchev–Trinajstić information content (AvgIpc) is 3.41. The van der Waals surface area contributed by atoms with Gasteiger partial charge in [-0.3, -0.25) is 14.3 Å². The normalized spacial score (nSPS) is 23.2. The minimum Gasteiger partial charge on any atom is -0.354 e. The van der Waals surface area contributed by atoms with Crippen LogP contribution >= 0.6 is 0 Å². The van der Waals surface area contributed by atoms with Gasteiger partial charge < -0.3 is 15.5 Å². The molecule has 3 fully saturated rings. The number of rotatable bonds is 8. The zero-order valence-electron chi connectivity index (χ0n) is 21.2. The molecule has 8 nitrogen and oxygen atoms in total. The Labute approximate surface area is 207 Å². The molecule has 35 heavy (non-hydrogen) atoms. The van der Waals surface area contributed by atoms with Gasteiger partial charge in [0, 0.05) is 25.8 Å². The topological polar surface area (TPSA) is 92.2 Å². The number of aryl methyl sites for hydroxylation is 1. The first-order valence-electron chi connectivity index (χ1n) is 13.2. The Morgan fingerprint density at radius 1 is 1.11 bits per heavy atom. The van der Waals surface area contributed by atoms with Gasteiger partial charge in [0.05, 0.1) is 11.9 Å². The minimum absolute atomic E-state index is 0.0966. The summed E-state index contributed by atoms with van der Waals surface area (Å²) in [6.07, 6.45) is 12.6. The molecule has 3 atom stereocenters. The zero-order chi connectivity index (χ0) is 24.6. The highest BCUT2D eigenvalue weighted by Crippen LogP contribution is 2.58. The van der Waals surface area contributed by atoms with E-state index in [1.165, 1.54) is 25.7 Å². The average molecular weight is 479 g/mol. The van der Waals surface area contributed by atoms with Crippen molar-refractivity contribution in [2.24, 2.45) is 24.3 Å². The van der Waals surface area contributed by atoms with E-state index in [2.05, 4.69) is 39.5 Å². The Hall–Kier alpha value is -2.90. The van der Waals surface area contributed by atoms with Gasteiger partial charge in [0.15, 0.2) is 0 Å². The molecule has 1 saturated heterocycles. The van der Waals surface area contributed by atoms with E-state index in [1.54, 1.807) is 30.2 Å². The van der Waals surface area contributed by atoms with Crippen LogP contribution in [0.2, 0.25) is 0 Å². The lowest BCUT2D eigenvalue weighted by Gasteiger charge is -2.42. The molecule has 2 aromatic rings. The van der Waals surface area contributed by atoms with E-state index in [-0.39, 0.29) is 23.1 Å². The van der Waals surface area contributed by atoms with Crippen LogP contribution in [0.5, 0.6) is 0 Å². The lowest BCUT2D eigenvalue weighted by molar-refractivity contribution is -0.121. The molecule has 2 amide bonds. The SMILES string of the molecule is C[C@H]1CCCCN1c1ccc(NC(=O)[C@@H](NC(=O)c2ccnn2C)C(C2CCC2)C2(C)CC2)cn1. The van der Waals surface area contributed by atoms with Crippen LogP contribution in [-0.4, -0.2) is 45.2 Å². The number of carbonyl (C=O) groups excluding carboxylic acids is 2. The highest BCUT2D eigenvalue weighted by molar-refractivity contribution is 6.00. The maximum atomic E-state index is 13.7. The third kappa shape index (κ3) is 4.93. The Balaban J connectivity index is 1.35. The van der Waals surface area contributed by atoms with Gasteiger partial charge in [0.1, 0.15) is 17.6 Å². The number of aromatic nitrogens is 3. The van der Waals surface area contributed by atoms with E-state index >= 15 is 0 Å². The second-order valence-electron chi connectivity index (χ2n) is 11.1. The number of pyridine rings is 1. The molecule has 0 radical (unpaired) electrons. The van der Waals surface area contributed by atoms with E-state index in [1.807, 2.05) is 12.1 Å². The molecule has 1 aliphatic heterocycles. The zero-order valence-corrected chi connectivity index (χ0v) is 21.2. The standard InChI is InChI=1S/C27H38N6O2/c1-18-7-4-5-16-33(18)22-11-10-20(17-28-22)30-26(35)24(31-25(34)21-12-15-29-32(21)3)23(19-8-6-9-19)27(2)13-14-27/h10-12,15,17-19,23-24H,4-9,13-14,16H2,1-3H3,(H,30,35)(H,31,34)/t18-,23?,24-/m0/s1. The first-order valence-corrected chi connectivity index (χ1v) is 13.2. The molecule has 3 aliphatic rings. The molecule has 8 heteroatoms. The molecule has 0 spiro atoms. The number of amides is 2. The van der Waals surface area contributed by atoms with Crippen molar-refractivity contribution >= 4 is 23.3 Å². The lowest BCUT2D eigenvalue weighted by Crippen LogP contribution is -2.54. The van der Waals surface area contributed by atoms with Crippen molar-refractivity contribution < 1.29 is 9.59 Å². The van der Waals surface area contributed by atoms with Crippen molar-refractivity contribution in [2.45, 2.75) is 77.3 Å². The van der Waals surface area contributed by atoms with Crippen molar-refractivity contribution in [1.29, 1.82) is 0 Å². The Morgan fingerprint density at radius 2 is 1.91 bits per heavy atom. The summed E-state index contributed by atoms with van der Waals surface area (Å²) in [7, 11) is 1.74. The molecule has 0 bridgehead atoms. The van der Waals surface area contributed by atoms with Gasteiger partial charge in [0.25, 0.3) is 5.91 Å². The fourth-order valence-corrected chi connectivity index (χ4v) is 5.99. The summed E-state index contributed by atoms with van der Waals surface area (Å²) in [5, 5.41) is 10.3. The number of nitrogens with one attached hydrogen (secondary N) is 2. The monoisotopic (exact) mass is 478 g/mol. The lowest BCUT2D eigenvalue weighted by atomic mass is 9.66. The molecule has 2 saturated carbocycles. The molecule has 3 heterocycles. The molecule has 2 aromatic heterocycles. The number of hydrogen-bond donors (Lipinski definition) is 2. The van der Waals surface area contributed by atoms with E-state index in [0.717, 1.165) is 38.0 Å². The van der Waals surface area contributed by atoms with Gasteiger partial charge in [-0.15, -0.1) is 0 Å². The van der Waals surface area contributed by atoms with Crippen LogP contribution in [0, 0.1) is 17.3 Å². The molecule has 188 valence electrons. The summed E-state index contributed by atoms with van der Waals surface area (Å²) in [6, 6.07) is 5.49. The smallest absolute Gasteiger partial charge is 0.270 e. The summed E-state index contributed by atoms with van der Waals surface area (Å²) in [5.74, 6) is 1.12. The number of piperidine rings is 1. The number of hydrogen-bond acceptors (Lipinski definition) is 5. The predicted molar refractivity (Wildman–Crippen MR) is 136 cm³/mol. The maximum absolute atomic E-state index is 13.7. The second kappa shape index (κ2) is 9.63. The van der Waals surface area contributed by atoms with E-state index < -0.39 is 6.04 Å². The quantitative estimate of drug-likeness (QED) is 0.595. The van der Waals surface area contributed by atoms with Crippen LogP contribution in [0.3, 0.4) is 0 Å². The number of carbonyl (C=O) groups is 2. The van der Waals surface area contributed by atoms with Crippen molar-refractivity contribution in [2.75, 3.05) is 16.8 Å². The summed E-state index contributed by atoms with van der Waals surface area (Å²) >= 11 is 0. The number of nitrogens with zero attached hydrogens (tertiary/aromatic N) is 4. The van der Waals surface area contributed by atoms with Gasteiger partial charge >= 0.3 is 0 Å². The van der Waals surface area contributed by atoms with Crippen LogP contribution in [0.1, 0.15) is 75.7 Å². The summed E-state index contributed by atoms with van der Waals surface area (Å²) in [4.78, 5) is 33.9. The molecule has 5 rings (SSSR count). The van der Waals surface area contributed by atoms with Crippen molar-refractivity contribution in [1.82, 2.24) is 20.1 Å². The van der Waals surface area contributed by atoms with Gasteiger partial charge in [-0.1, -0.05) is 26.2 Å². The Kier molecular flexibility index (Phi) is 6.55. The molecule has 0 aromatic carbocycles. The fourth-order valence-electron chi connectivity index (χ4n) is 5.99. The van der Waals surface area contributed by atoms with Gasteiger partial charge in [-0.05, 0) is 74.5 Å². The van der Waals surface area contributed by atoms with Crippen LogP contribution in [0.4, 0.5) is 11.5 Å². The van der Waals surface area contributed by atoms with Crippen LogP contribution in [-0.2, 0) is 11.8 Å². The molecule has 2 N–H and O–H groups in total. The fraction of sp³-hybridized carbons (Fsp3) is 0.630. The largest absolute Gasteiger partial charge is 0.354 e.